The van der Waals surface area contributed by atoms with Crippen LogP contribution >= 0.6 is 0 Å². The predicted octanol–water partition coefficient (Wildman–Crippen LogP) is 5.32. The molecule has 0 spiro atoms. The summed E-state index contributed by atoms with van der Waals surface area (Å²) in [6, 6.07) is 4.84. The highest BCUT2D eigenvalue weighted by Gasteiger charge is 2.31. The molecule has 1 heterocycles. The summed E-state index contributed by atoms with van der Waals surface area (Å²) in [5.74, 6) is 0.253. The van der Waals surface area contributed by atoms with E-state index in [9.17, 15) is 18.0 Å². The van der Waals surface area contributed by atoms with Crippen LogP contribution < -0.4 is 5.43 Å². The number of alkyl halides is 3. The number of hydrogen-bond donors (Lipinski definition) is 1. The minimum absolute atomic E-state index is 0.146. The van der Waals surface area contributed by atoms with Gasteiger partial charge in [0.1, 0.15) is 5.76 Å². The smallest absolute Gasteiger partial charge is 0.416 e. The quantitative estimate of drug-likeness (QED) is 0.563. The van der Waals surface area contributed by atoms with Gasteiger partial charge in [0.2, 0.25) is 5.76 Å². The first-order valence-corrected chi connectivity index (χ1v) is 9.00. The van der Waals surface area contributed by atoms with Crippen LogP contribution in [0.2, 0.25) is 0 Å². The molecule has 1 aliphatic rings. The van der Waals surface area contributed by atoms with Gasteiger partial charge >= 0.3 is 12.1 Å². The first-order chi connectivity index (χ1) is 13.2. The fraction of sp³-hybridized carbons (Fsp3) is 0.400. The van der Waals surface area contributed by atoms with Crippen LogP contribution in [0.25, 0.3) is 0 Å². The number of hydrogen-bond acceptors (Lipinski definition) is 5. The van der Waals surface area contributed by atoms with Crippen molar-refractivity contribution in [2.24, 2.45) is 5.10 Å². The van der Waals surface area contributed by atoms with Crippen LogP contribution in [-0.2, 0) is 17.3 Å². The number of esters is 1. The third-order valence-corrected chi connectivity index (χ3v) is 4.36. The second-order valence-electron chi connectivity index (χ2n) is 6.91. The minimum Gasteiger partial charge on any atom is -0.457 e. The molecule has 0 radical (unpaired) electrons. The number of carbonyl (C=O) groups excluding carboxylic acids is 1. The number of aryl methyl sites for hydroxylation is 1. The van der Waals surface area contributed by atoms with Gasteiger partial charge in [-0.25, -0.2) is 4.79 Å². The Bertz CT molecular complexity index is 914. The maximum atomic E-state index is 12.9. The van der Waals surface area contributed by atoms with E-state index < -0.39 is 17.7 Å². The highest BCUT2D eigenvalue weighted by Crippen LogP contribution is 2.32. The van der Waals surface area contributed by atoms with Crippen LogP contribution in [0.1, 0.15) is 59.7 Å². The van der Waals surface area contributed by atoms with E-state index in [1.807, 2.05) is 0 Å². The van der Waals surface area contributed by atoms with E-state index >= 15 is 0 Å². The molecule has 0 fully saturated rings. The van der Waals surface area contributed by atoms with Gasteiger partial charge in [0, 0.05) is 17.5 Å². The average Bonchev–Trinajstić information content (AvgIpc) is 2.96. The molecule has 150 valence electrons. The third kappa shape index (κ3) is 4.21. The second-order valence-corrected chi connectivity index (χ2v) is 6.91. The molecule has 0 saturated heterocycles. The number of hydrazone groups is 1. The zero-order valence-corrected chi connectivity index (χ0v) is 15.8. The van der Waals surface area contributed by atoms with Crippen molar-refractivity contribution >= 4 is 17.4 Å². The van der Waals surface area contributed by atoms with Gasteiger partial charge in [0.15, 0.2) is 0 Å². The van der Waals surface area contributed by atoms with Gasteiger partial charge in [-0.15, -0.1) is 0 Å². The number of ether oxygens (including phenoxy) is 1. The number of carbonyl (C=O) groups is 1. The number of nitrogens with one attached hydrogen (secondary N) is 1. The van der Waals surface area contributed by atoms with Crippen molar-refractivity contribution in [3.05, 3.63) is 52.5 Å². The molecule has 0 saturated carbocycles. The molecular weight excluding hydrogens is 373 g/mol. The molecule has 1 aromatic heterocycles. The summed E-state index contributed by atoms with van der Waals surface area (Å²) in [4.78, 5) is 12.2. The summed E-state index contributed by atoms with van der Waals surface area (Å²) >= 11 is 0. The molecule has 0 amide bonds. The molecule has 1 aliphatic carbocycles. The zero-order valence-electron chi connectivity index (χ0n) is 15.8. The van der Waals surface area contributed by atoms with Gasteiger partial charge in [-0.05, 0) is 51.8 Å². The van der Waals surface area contributed by atoms with Gasteiger partial charge < -0.3 is 9.15 Å². The molecule has 0 atom stereocenters. The van der Waals surface area contributed by atoms with E-state index in [-0.39, 0.29) is 17.6 Å². The van der Waals surface area contributed by atoms with Gasteiger partial charge in [-0.2, -0.15) is 18.3 Å². The summed E-state index contributed by atoms with van der Waals surface area (Å²) in [5.41, 5.74) is 4.17. The van der Waals surface area contributed by atoms with Crippen molar-refractivity contribution in [1.82, 2.24) is 0 Å². The number of fused-ring (bicyclic) bond motifs is 1. The summed E-state index contributed by atoms with van der Waals surface area (Å²) in [6.45, 7) is 5.26. The molecule has 8 heteroatoms. The zero-order chi connectivity index (χ0) is 20.5. The SMILES string of the molecule is Cc1c(C(=O)OC(C)C)oc2c1/C(=N/Nc1cccc(C(F)(F)F)c1)CCC2. The molecule has 0 aliphatic heterocycles. The number of rotatable bonds is 4. The molecular formula is C20H21F3N2O3. The summed E-state index contributed by atoms with van der Waals surface area (Å²) in [5, 5.41) is 4.30. The van der Waals surface area contributed by atoms with Crippen molar-refractivity contribution in [2.45, 2.75) is 52.3 Å². The Balaban J connectivity index is 1.88. The lowest BCUT2D eigenvalue weighted by Crippen LogP contribution is -2.14. The van der Waals surface area contributed by atoms with Gasteiger partial charge in [-0.1, -0.05) is 6.07 Å². The fourth-order valence-electron chi connectivity index (χ4n) is 3.14. The van der Waals surface area contributed by atoms with E-state index in [1.54, 1.807) is 20.8 Å². The van der Waals surface area contributed by atoms with Crippen molar-refractivity contribution in [2.75, 3.05) is 5.43 Å². The van der Waals surface area contributed by atoms with Crippen LogP contribution in [0.3, 0.4) is 0 Å². The van der Waals surface area contributed by atoms with Gasteiger partial charge in [-0.3, -0.25) is 5.43 Å². The Kier molecular flexibility index (Phi) is 5.49. The standard InChI is InChI=1S/C20H21F3N2O3/c1-11(2)27-19(26)18-12(3)17-15(8-5-9-16(17)28-18)25-24-14-7-4-6-13(10-14)20(21,22)23/h4,6-7,10-11,24H,5,8-9H2,1-3H3/b25-15+. The molecule has 28 heavy (non-hydrogen) atoms. The molecule has 5 nitrogen and oxygen atoms in total. The monoisotopic (exact) mass is 394 g/mol. The highest BCUT2D eigenvalue weighted by atomic mass is 19.4. The average molecular weight is 394 g/mol. The molecule has 3 rings (SSSR count). The van der Waals surface area contributed by atoms with Crippen LogP contribution in [0, 0.1) is 6.92 Å². The Labute approximate surface area is 160 Å². The first kappa shape index (κ1) is 20.0. The summed E-state index contributed by atoms with van der Waals surface area (Å²) in [6.07, 6.45) is -2.65. The van der Waals surface area contributed by atoms with E-state index in [1.165, 1.54) is 12.1 Å². The molecule has 1 N–H and O–H groups in total. The Morgan fingerprint density at radius 3 is 2.71 bits per heavy atom. The van der Waals surface area contributed by atoms with Crippen LogP contribution in [0.4, 0.5) is 18.9 Å². The molecule has 2 aromatic rings. The number of benzene rings is 1. The van der Waals surface area contributed by atoms with Crippen LogP contribution in [0.15, 0.2) is 33.8 Å². The normalized spacial score (nSPS) is 15.6. The lowest BCUT2D eigenvalue weighted by atomic mass is 9.93. The van der Waals surface area contributed by atoms with E-state index in [0.29, 0.717) is 29.9 Å². The van der Waals surface area contributed by atoms with E-state index in [4.69, 9.17) is 9.15 Å². The summed E-state index contributed by atoms with van der Waals surface area (Å²) in [7, 11) is 0. The molecule has 1 aromatic carbocycles. The first-order valence-electron chi connectivity index (χ1n) is 9.00. The third-order valence-electron chi connectivity index (χ3n) is 4.36. The summed E-state index contributed by atoms with van der Waals surface area (Å²) < 4.78 is 49.5. The minimum atomic E-state index is -4.42. The van der Waals surface area contributed by atoms with E-state index in [2.05, 4.69) is 10.5 Å². The van der Waals surface area contributed by atoms with Crippen molar-refractivity contribution in [3.8, 4) is 0 Å². The van der Waals surface area contributed by atoms with Crippen LogP contribution in [-0.4, -0.2) is 17.8 Å². The fourth-order valence-corrected chi connectivity index (χ4v) is 3.14. The Morgan fingerprint density at radius 1 is 1.29 bits per heavy atom. The second kappa shape index (κ2) is 7.69. The number of furan rings is 1. The highest BCUT2D eigenvalue weighted by molar-refractivity contribution is 6.06. The van der Waals surface area contributed by atoms with Crippen molar-refractivity contribution in [1.29, 1.82) is 0 Å². The predicted molar refractivity (Wildman–Crippen MR) is 98.5 cm³/mol. The van der Waals surface area contributed by atoms with Gasteiger partial charge in [0.05, 0.1) is 23.1 Å². The Morgan fingerprint density at radius 2 is 2.04 bits per heavy atom. The van der Waals surface area contributed by atoms with E-state index in [0.717, 1.165) is 24.1 Å². The van der Waals surface area contributed by atoms with Crippen molar-refractivity contribution in [3.63, 3.8) is 0 Å². The largest absolute Gasteiger partial charge is 0.457 e. The topological polar surface area (TPSA) is 63.8 Å². The Hall–Kier alpha value is -2.77. The number of nitrogens with zero attached hydrogens (tertiary/aromatic N) is 1. The number of anilines is 1. The molecule has 0 unspecified atom stereocenters. The number of halogens is 3. The van der Waals surface area contributed by atoms with Crippen molar-refractivity contribution < 1.29 is 27.1 Å². The lowest BCUT2D eigenvalue weighted by Gasteiger charge is -2.14. The maximum Gasteiger partial charge on any atom is 0.416 e. The lowest BCUT2D eigenvalue weighted by molar-refractivity contribution is -0.137. The molecule has 0 bridgehead atoms. The van der Waals surface area contributed by atoms with Gasteiger partial charge in [0.25, 0.3) is 0 Å². The maximum absolute atomic E-state index is 12.9. The van der Waals surface area contributed by atoms with Crippen LogP contribution in [0.5, 0.6) is 0 Å².